The van der Waals surface area contributed by atoms with Crippen molar-refractivity contribution in [1.82, 2.24) is 5.32 Å². The fourth-order valence-corrected chi connectivity index (χ4v) is 3.64. The number of ether oxygens (including phenoxy) is 1. The predicted octanol–water partition coefficient (Wildman–Crippen LogP) is 4.29. The summed E-state index contributed by atoms with van der Waals surface area (Å²) in [6, 6.07) is 0. The molecule has 0 aliphatic carbocycles. The number of hydrogen-bond acceptors (Lipinski definition) is 5. The standard InChI is InChI=1S/C14H30NO5P/c1-7-10-11-12(15-13(16)20-14(4,5)6)21(17,18-8-2)19-9-3/h12H,7-11H2,1-6H3,(H,15,16). The van der Waals surface area contributed by atoms with Gasteiger partial charge in [0.1, 0.15) is 11.4 Å². The van der Waals surface area contributed by atoms with Crippen LogP contribution in [0.25, 0.3) is 0 Å². The summed E-state index contributed by atoms with van der Waals surface area (Å²) < 4.78 is 28.7. The second-order valence-corrected chi connectivity index (χ2v) is 7.90. The minimum absolute atomic E-state index is 0.260. The summed E-state index contributed by atoms with van der Waals surface area (Å²) in [6.07, 6.45) is 1.64. The van der Waals surface area contributed by atoms with Crippen molar-refractivity contribution < 1.29 is 23.1 Å². The molecule has 0 radical (unpaired) electrons. The van der Waals surface area contributed by atoms with Gasteiger partial charge in [0.15, 0.2) is 0 Å². The Hall–Kier alpha value is -0.580. The number of alkyl carbamates (subject to hydrolysis) is 1. The Kier molecular flexibility index (Phi) is 9.18. The molecule has 1 atom stereocenters. The summed E-state index contributed by atoms with van der Waals surface area (Å²) >= 11 is 0. The Morgan fingerprint density at radius 3 is 2.05 bits per heavy atom. The monoisotopic (exact) mass is 323 g/mol. The molecule has 7 heteroatoms. The number of nitrogens with one attached hydrogen (secondary N) is 1. The average molecular weight is 323 g/mol. The molecule has 0 saturated carbocycles. The van der Waals surface area contributed by atoms with E-state index in [0.29, 0.717) is 6.42 Å². The Morgan fingerprint density at radius 1 is 1.14 bits per heavy atom. The van der Waals surface area contributed by atoms with Gasteiger partial charge in [0.25, 0.3) is 0 Å². The zero-order chi connectivity index (χ0) is 16.5. The van der Waals surface area contributed by atoms with E-state index in [1.807, 2.05) is 6.92 Å². The third kappa shape index (κ3) is 8.44. The van der Waals surface area contributed by atoms with Crippen molar-refractivity contribution in [3.8, 4) is 0 Å². The highest BCUT2D eigenvalue weighted by molar-refractivity contribution is 7.54. The highest BCUT2D eigenvalue weighted by Crippen LogP contribution is 2.53. The molecule has 0 aliphatic heterocycles. The first kappa shape index (κ1) is 20.4. The van der Waals surface area contributed by atoms with Gasteiger partial charge in [-0.05, 0) is 41.0 Å². The fourth-order valence-electron chi connectivity index (χ4n) is 1.73. The lowest BCUT2D eigenvalue weighted by Crippen LogP contribution is -2.39. The molecule has 1 N–H and O–H groups in total. The topological polar surface area (TPSA) is 73.9 Å². The zero-order valence-electron chi connectivity index (χ0n) is 14.1. The molecule has 0 saturated heterocycles. The van der Waals surface area contributed by atoms with Crippen LogP contribution >= 0.6 is 7.60 Å². The molecule has 1 amide bonds. The third-order valence-corrected chi connectivity index (χ3v) is 4.90. The van der Waals surface area contributed by atoms with Gasteiger partial charge in [0, 0.05) is 0 Å². The molecule has 0 aromatic carbocycles. The second-order valence-electron chi connectivity index (χ2n) is 5.68. The molecule has 0 heterocycles. The van der Waals surface area contributed by atoms with Crippen molar-refractivity contribution in [3.05, 3.63) is 0 Å². The van der Waals surface area contributed by atoms with Gasteiger partial charge < -0.3 is 19.1 Å². The highest BCUT2D eigenvalue weighted by Gasteiger charge is 2.37. The summed E-state index contributed by atoms with van der Waals surface area (Å²) in [5.74, 6) is -0.688. The first-order valence-electron chi connectivity index (χ1n) is 7.56. The third-order valence-electron chi connectivity index (χ3n) is 2.51. The molecule has 0 spiro atoms. The van der Waals surface area contributed by atoms with E-state index in [9.17, 15) is 9.36 Å². The van der Waals surface area contributed by atoms with E-state index in [1.54, 1.807) is 34.6 Å². The van der Waals surface area contributed by atoms with Crippen LogP contribution in [0, 0.1) is 0 Å². The van der Waals surface area contributed by atoms with Crippen LogP contribution < -0.4 is 5.32 Å². The Morgan fingerprint density at radius 2 is 1.67 bits per heavy atom. The fraction of sp³-hybridized carbons (Fsp3) is 0.929. The number of rotatable bonds is 9. The first-order valence-corrected chi connectivity index (χ1v) is 9.18. The molecular weight excluding hydrogens is 293 g/mol. The molecule has 0 bridgehead atoms. The maximum absolute atomic E-state index is 12.8. The molecule has 0 aliphatic rings. The van der Waals surface area contributed by atoms with Crippen LogP contribution in [0.15, 0.2) is 0 Å². The Bertz CT molecular complexity index is 344. The van der Waals surface area contributed by atoms with Gasteiger partial charge in [-0.25, -0.2) is 4.79 Å². The van der Waals surface area contributed by atoms with Crippen molar-refractivity contribution in [2.75, 3.05) is 13.2 Å². The van der Waals surface area contributed by atoms with Gasteiger partial charge in [-0.15, -0.1) is 0 Å². The van der Waals surface area contributed by atoms with Crippen molar-refractivity contribution >= 4 is 13.7 Å². The lowest BCUT2D eigenvalue weighted by atomic mass is 10.2. The van der Waals surface area contributed by atoms with Gasteiger partial charge in [-0.3, -0.25) is 4.57 Å². The molecule has 0 aromatic heterocycles. The largest absolute Gasteiger partial charge is 0.444 e. The molecule has 0 rings (SSSR count). The van der Waals surface area contributed by atoms with Crippen LogP contribution in [0.2, 0.25) is 0 Å². The van der Waals surface area contributed by atoms with Gasteiger partial charge in [-0.1, -0.05) is 19.8 Å². The van der Waals surface area contributed by atoms with Crippen LogP contribution in [-0.4, -0.2) is 30.7 Å². The molecule has 126 valence electrons. The highest BCUT2D eigenvalue weighted by atomic mass is 31.2. The molecular formula is C14H30NO5P. The predicted molar refractivity (Wildman–Crippen MR) is 83.5 cm³/mol. The van der Waals surface area contributed by atoms with E-state index in [2.05, 4.69) is 5.32 Å². The minimum atomic E-state index is -3.39. The van der Waals surface area contributed by atoms with Gasteiger partial charge >= 0.3 is 13.7 Å². The number of amides is 1. The van der Waals surface area contributed by atoms with Crippen LogP contribution in [0.5, 0.6) is 0 Å². The zero-order valence-corrected chi connectivity index (χ0v) is 15.0. The van der Waals surface area contributed by atoms with Crippen molar-refractivity contribution in [2.45, 2.75) is 72.2 Å². The Balaban J connectivity index is 4.98. The molecule has 0 aromatic rings. The quantitative estimate of drug-likeness (QED) is 0.641. The molecule has 6 nitrogen and oxygen atoms in total. The van der Waals surface area contributed by atoms with Gasteiger partial charge in [0.2, 0.25) is 0 Å². The van der Waals surface area contributed by atoms with Crippen LogP contribution in [0.4, 0.5) is 4.79 Å². The SMILES string of the molecule is CCCCC(NC(=O)OC(C)(C)C)P(=O)(OCC)OCC. The summed E-state index contributed by atoms with van der Waals surface area (Å²) in [5.41, 5.74) is -0.611. The van der Waals surface area contributed by atoms with Crippen molar-refractivity contribution in [2.24, 2.45) is 0 Å². The molecule has 1 unspecified atom stereocenters. The van der Waals surface area contributed by atoms with E-state index in [4.69, 9.17) is 13.8 Å². The molecule has 0 fully saturated rings. The minimum Gasteiger partial charge on any atom is -0.444 e. The number of unbranched alkanes of at least 4 members (excludes halogenated alkanes) is 1. The van der Waals surface area contributed by atoms with E-state index in [0.717, 1.165) is 12.8 Å². The maximum Gasteiger partial charge on any atom is 0.408 e. The van der Waals surface area contributed by atoms with Gasteiger partial charge in [-0.2, -0.15) is 0 Å². The van der Waals surface area contributed by atoms with Crippen molar-refractivity contribution in [3.63, 3.8) is 0 Å². The Labute approximate surface area is 128 Å². The van der Waals surface area contributed by atoms with Crippen LogP contribution in [0.1, 0.15) is 60.8 Å². The lowest BCUT2D eigenvalue weighted by molar-refractivity contribution is 0.0506. The van der Waals surface area contributed by atoms with E-state index >= 15 is 0 Å². The smallest absolute Gasteiger partial charge is 0.408 e. The normalized spacial score (nSPS) is 13.8. The van der Waals surface area contributed by atoms with E-state index in [-0.39, 0.29) is 13.2 Å². The van der Waals surface area contributed by atoms with E-state index in [1.165, 1.54) is 0 Å². The second kappa shape index (κ2) is 9.44. The first-order chi connectivity index (χ1) is 9.68. The average Bonchev–Trinajstić information content (AvgIpc) is 2.32. The lowest BCUT2D eigenvalue weighted by Gasteiger charge is -2.28. The van der Waals surface area contributed by atoms with E-state index < -0.39 is 25.1 Å². The van der Waals surface area contributed by atoms with Crippen LogP contribution in [0.3, 0.4) is 0 Å². The van der Waals surface area contributed by atoms with Crippen LogP contribution in [-0.2, 0) is 18.3 Å². The summed E-state index contributed by atoms with van der Waals surface area (Å²) in [4.78, 5) is 11.9. The molecule has 21 heavy (non-hydrogen) atoms. The number of hydrogen-bond donors (Lipinski definition) is 1. The summed E-state index contributed by atoms with van der Waals surface area (Å²) in [6.45, 7) is 11.4. The van der Waals surface area contributed by atoms with Gasteiger partial charge in [0.05, 0.1) is 13.2 Å². The maximum atomic E-state index is 12.8. The summed E-state index contributed by atoms with van der Waals surface area (Å²) in [5, 5.41) is 2.64. The summed E-state index contributed by atoms with van der Waals surface area (Å²) in [7, 11) is -3.39. The number of carbonyl (C=O) groups is 1. The number of carbonyl (C=O) groups excluding carboxylic acids is 1. The van der Waals surface area contributed by atoms with Crippen molar-refractivity contribution in [1.29, 1.82) is 0 Å².